The van der Waals surface area contributed by atoms with Crippen LogP contribution in [0.3, 0.4) is 0 Å². The zero-order chi connectivity index (χ0) is 39.3. The highest BCUT2D eigenvalue weighted by atomic mass is 16.5. The topological polar surface area (TPSA) is 76.1 Å². The summed E-state index contributed by atoms with van der Waals surface area (Å²) in [6.07, 6.45) is 40.7. The van der Waals surface area contributed by atoms with Crippen LogP contribution in [0, 0.1) is 5.92 Å². The molecule has 0 saturated heterocycles. The monoisotopic (exact) mass is 754 g/mol. The van der Waals surface area contributed by atoms with E-state index in [1.807, 2.05) is 0 Å². The highest BCUT2D eigenvalue weighted by molar-refractivity contribution is 5.69. The SMILES string of the molecule is CCCCC(CCCC)CCOC.CCCCCCCCC(CCCCCCCC)OC(=O)CCCCCCCN(CCO)CCCCCCCC=O. The molecular formula is C47H95NO5. The van der Waals surface area contributed by atoms with Gasteiger partial charge in [-0.2, -0.15) is 0 Å². The van der Waals surface area contributed by atoms with E-state index in [4.69, 9.17) is 9.47 Å². The molecule has 0 aliphatic carbocycles. The maximum absolute atomic E-state index is 12.6. The highest BCUT2D eigenvalue weighted by Crippen LogP contribution is 2.20. The normalized spacial score (nSPS) is 11.4. The van der Waals surface area contributed by atoms with Gasteiger partial charge >= 0.3 is 5.97 Å². The summed E-state index contributed by atoms with van der Waals surface area (Å²) < 4.78 is 11.1. The number of aliphatic hydroxyl groups excluding tert-OH is 1. The molecule has 0 aliphatic rings. The second-order valence-electron chi connectivity index (χ2n) is 16.0. The van der Waals surface area contributed by atoms with Crippen molar-refractivity contribution in [3.05, 3.63) is 0 Å². The molecular weight excluding hydrogens is 659 g/mol. The number of carbonyl (C=O) groups excluding carboxylic acids is 2. The fraction of sp³-hybridized carbons (Fsp3) is 0.957. The quantitative estimate of drug-likeness (QED) is 0.0380. The zero-order valence-electron chi connectivity index (χ0n) is 36.6. The van der Waals surface area contributed by atoms with E-state index in [2.05, 4.69) is 32.6 Å². The van der Waals surface area contributed by atoms with E-state index in [9.17, 15) is 14.7 Å². The molecule has 0 saturated carbocycles. The van der Waals surface area contributed by atoms with Crippen molar-refractivity contribution in [3.63, 3.8) is 0 Å². The van der Waals surface area contributed by atoms with Crippen molar-refractivity contribution in [3.8, 4) is 0 Å². The Labute approximate surface area is 332 Å². The van der Waals surface area contributed by atoms with Crippen LogP contribution in [0.2, 0.25) is 0 Å². The summed E-state index contributed by atoms with van der Waals surface area (Å²) in [5, 5.41) is 9.39. The molecule has 0 radical (unpaired) electrons. The number of hydrogen-bond acceptors (Lipinski definition) is 6. The van der Waals surface area contributed by atoms with Crippen molar-refractivity contribution in [2.45, 2.75) is 246 Å². The van der Waals surface area contributed by atoms with Crippen molar-refractivity contribution >= 4 is 12.3 Å². The summed E-state index contributed by atoms with van der Waals surface area (Å²) >= 11 is 0. The average molecular weight is 754 g/mol. The minimum atomic E-state index is 0.0160. The largest absolute Gasteiger partial charge is 0.462 e. The second kappa shape index (κ2) is 47.2. The predicted molar refractivity (Wildman–Crippen MR) is 230 cm³/mol. The summed E-state index contributed by atoms with van der Waals surface area (Å²) in [6, 6.07) is 0. The Balaban J connectivity index is 0. The van der Waals surface area contributed by atoms with Crippen LogP contribution >= 0.6 is 0 Å². The van der Waals surface area contributed by atoms with Crippen LogP contribution < -0.4 is 0 Å². The molecule has 0 aromatic rings. The van der Waals surface area contributed by atoms with Crippen LogP contribution in [0.4, 0.5) is 0 Å². The van der Waals surface area contributed by atoms with Gasteiger partial charge in [-0.05, 0) is 76.8 Å². The van der Waals surface area contributed by atoms with Gasteiger partial charge in [0, 0.05) is 33.1 Å². The first-order chi connectivity index (χ1) is 26.0. The molecule has 0 heterocycles. The lowest BCUT2D eigenvalue weighted by molar-refractivity contribution is -0.150. The molecule has 318 valence electrons. The van der Waals surface area contributed by atoms with Gasteiger partial charge in [0.15, 0.2) is 0 Å². The number of hydrogen-bond donors (Lipinski definition) is 1. The van der Waals surface area contributed by atoms with Crippen LogP contribution in [0.5, 0.6) is 0 Å². The van der Waals surface area contributed by atoms with Crippen LogP contribution in [-0.4, -0.2) is 68.3 Å². The molecule has 0 spiro atoms. The molecule has 0 rings (SSSR count). The number of methoxy groups -OCH3 is 1. The standard InChI is InChI=1S/C35H69NO4.C12H26O/c1-3-5-7-9-14-20-26-34(27-21-15-10-8-6-4-2)40-35(39)28-22-16-13-18-24-30-36(31-33-38)29-23-17-11-12-19-25-32-37;1-4-6-8-12(9-7-5-2)10-11-13-3/h32,34,38H,3-31,33H2,1-2H3;12H,4-11H2,1-3H3. The lowest BCUT2D eigenvalue weighted by atomic mass is 9.93. The van der Waals surface area contributed by atoms with Gasteiger partial charge in [0.1, 0.15) is 12.4 Å². The molecule has 6 heteroatoms. The Morgan fingerprint density at radius 3 is 1.47 bits per heavy atom. The van der Waals surface area contributed by atoms with Crippen LogP contribution in [0.25, 0.3) is 0 Å². The average Bonchev–Trinajstić information content (AvgIpc) is 3.16. The van der Waals surface area contributed by atoms with Crippen molar-refractivity contribution in [1.29, 1.82) is 0 Å². The van der Waals surface area contributed by atoms with Gasteiger partial charge in [-0.3, -0.25) is 4.79 Å². The third-order valence-electron chi connectivity index (χ3n) is 10.8. The summed E-state index contributed by atoms with van der Waals surface area (Å²) in [5.41, 5.74) is 0. The summed E-state index contributed by atoms with van der Waals surface area (Å²) in [5.74, 6) is 0.932. The van der Waals surface area contributed by atoms with Gasteiger partial charge in [0.05, 0.1) is 6.61 Å². The lowest BCUT2D eigenvalue weighted by Crippen LogP contribution is -2.29. The van der Waals surface area contributed by atoms with Gasteiger partial charge in [0.2, 0.25) is 0 Å². The van der Waals surface area contributed by atoms with E-state index in [0.29, 0.717) is 12.8 Å². The Hall–Kier alpha value is -0.980. The Bertz CT molecular complexity index is 669. The molecule has 0 aromatic carbocycles. The molecule has 0 bridgehead atoms. The van der Waals surface area contributed by atoms with Crippen molar-refractivity contribution in [2.75, 3.05) is 40.0 Å². The smallest absolute Gasteiger partial charge is 0.306 e. The van der Waals surface area contributed by atoms with Gasteiger partial charge in [-0.1, -0.05) is 169 Å². The number of ether oxygens (including phenoxy) is 2. The fourth-order valence-corrected chi connectivity index (χ4v) is 7.22. The zero-order valence-corrected chi connectivity index (χ0v) is 36.6. The molecule has 0 aromatic heterocycles. The van der Waals surface area contributed by atoms with Crippen molar-refractivity contribution in [1.82, 2.24) is 4.90 Å². The number of aldehydes is 1. The van der Waals surface area contributed by atoms with Gasteiger partial charge in [-0.15, -0.1) is 0 Å². The van der Waals surface area contributed by atoms with Crippen molar-refractivity contribution < 1.29 is 24.2 Å². The second-order valence-corrected chi connectivity index (χ2v) is 16.0. The molecule has 6 nitrogen and oxygen atoms in total. The minimum absolute atomic E-state index is 0.0160. The first kappa shape index (κ1) is 54.1. The van der Waals surface area contributed by atoms with Gasteiger partial charge in [0.25, 0.3) is 0 Å². The van der Waals surface area contributed by atoms with E-state index in [1.54, 1.807) is 7.11 Å². The Morgan fingerprint density at radius 1 is 0.547 bits per heavy atom. The van der Waals surface area contributed by atoms with E-state index in [-0.39, 0.29) is 18.7 Å². The number of unbranched alkanes of at least 4 members (excludes halogenated alkanes) is 21. The van der Waals surface area contributed by atoms with Crippen LogP contribution in [-0.2, 0) is 19.1 Å². The number of carbonyl (C=O) groups is 2. The molecule has 1 N–H and O–H groups in total. The summed E-state index contributed by atoms with van der Waals surface area (Å²) in [4.78, 5) is 25.3. The summed E-state index contributed by atoms with van der Waals surface area (Å²) in [7, 11) is 1.80. The first-order valence-electron chi connectivity index (χ1n) is 23.5. The molecule has 53 heavy (non-hydrogen) atoms. The third-order valence-corrected chi connectivity index (χ3v) is 10.8. The van der Waals surface area contributed by atoms with E-state index in [0.717, 1.165) is 89.8 Å². The van der Waals surface area contributed by atoms with Gasteiger partial charge < -0.3 is 24.3 Å². The van der Waals surface area contributed by atoms with Crippen LogP contribution in [0.1, 0.15) is 240 Å². The fourth-order valence-electron chi connectivity index (χ4n) is 7.22. The van der Waals surface area contributed by atoms with E-state index in [1.165, 1.54) is 148 Å². The minimum Gasteiger partial charge on any atom is -0.462 e. The molecule has 0 aliphatic heterocycles. The molecule has 0 unspecified atom stereocenters. The third kappa shape index (κ3) is 43.6. The number of aliphatic hydroxyl groups is 1. The van der Waals surface area contributed by atoms with E-state index >= 15 is 0 Å². The molecule has 0 amide bonds. The molecule has 0 atom stereocenters. The number of rotatable bonds is 42. The number of esters is 1. The molecule has 0 fully saturated rings. The van der Waals surface area contributed by atoms with Crippen molar-refractivity contribution in [2.24, 2.45) is 5.92 Å². The predicted octanol–water partition coefficient (Wildman–Crippen LogP) is 13.6. The lowest BCUT2D eigenvalue weighted by Gasteiger charge is -2.21. The maximum atomic E-state index is 12.6. The Morgan fingerprint density at radius 2 is 1.00 bits per heavy atom. The van der Waals surface area contributed by atoms with Crippen LogP contribution in [0.15, 0.2) is 0 Å². The maximum Gasteiger partial charge on any atom is 0.306 e. The number of nitrogens with zero attached hydrogens (tertiary/aromatic N) is 1. The first-order valence-corrected chi connectivity index (χ1v) is 23.5. The Kier molecular flexibility index (Phi) is 48.2. The van der Waals surface area contributed by atoms with E-state index < -0.39 is 0 Å². The highest BCUT2D eigenvalue weighted by Gasteiger charge is 2.14. The summed E-state index contributed by atoms with van der Waals surface area (Å²) in [6.45, 7) is 13.1. The van der Waals surface area contributed by atoms with Gasteiger partial charge in [-0.25, -0.2) is 0 Å².